The highest BCUT2D eigenvalue weighted by Gasteiger charge is 2.42. The van der Waals surface area contributed by atoms with Crippen molar-refractivity contribution < 1.29 is 9.59 Å². The zero-order valence-corrected chi connectivity index (χ0v) is 15.3. The smallest absolute Gasteiger partial charge is 0.254 e. The van der Waals surface area contributed by atoms with Crippen LogP contribution in [-0.2, 0) is 4.79 Å². The van der Waals surface area contributed by atoms with Crippen LogP contribution in [-0.4, -0.2) is 79.5 Å². The van der Waals surface area contributed by atoms with Crippen molar-refractivity contribution in [2.75, 3.05) is 52.2 Å². The Labute approximate surface area is 149 Å². The summed E-state index contributed by atoms with van der Waals surface area (Å²) in [5.74, 6) is 0.830. The summed E-state index contributed by atoms with van der Waals surface area (Å²) in [5, 5.41) is 2.69. The monoisotopic (exact) mass is 345 g/mol. The number of carbonyl (C=O) groups is 2. The van der Waals surface area contributed by atoms with Gasteiger partial charge in [0.2, 0.25) is 5.91 Å². The molecule has 0 aromatic carbocycles. The number of pyridine rings is 1. The Bertz CT molecular complexity index is 665. The average Bonchev–Trinajstić information content (AvgIpc) is 2.78. The molecule has 1 N–H and O–H groups in total. The first-order chi connectivity index (χ1) is 12.0. The van der Waals surface area contributed by atoms with Gasteiger partial charge in [-0.1, -0.05) is 0 Å². The Morgan fingerprint density at radius 1 is 1.24 bits per heavy atom. The van der Waals surface area contributed by atoms with Gasteiger partial charge < -0.3 is 15.1 Å². The molecule has 2 saturated heterocycles. The van der Waals surface area contributed by atoms with Gasteiger partial charge in [0, 0.05) is 58.4 Å². The summed E-state index contributed by atoms with van der Waals surface area (Å²) >= 11 is 0. The van der Waals surface area contributed by atoms with Crippen LogP contribution in [0.3, 0.4) is 0 Å². The molecule has 7 heteroatoms. The van der Waals surface area contributed by atoms with E-state index in [1.165, 1.54) is 0 Å². The number of aromatic nitrogens is 1. The molecule has 1 atom stereocenters. The molecule has 2 amide bonds. The number of carbonyl (C=O) groups excluding carboxylic acids is 2. The van der Waals surface area contributed by atoms with Gasteiger partial charge in [-0.2, -0.15) is 0 Å². The van der Waals surface area contributed by atoms with E-state index in [0.717, 1.165) is 44.8 Å². The van der Waals surface area contributed by atoms with E-state index in [9.17, 15) is 9.59 Å². The second kappa shape index (κ2) is 7.00. The highest BCUT2D eigenvalue weighted by molar-refractivity contribution is 5.98. The first-order valence-electron chi connectivity index (χ1n) is 8.84. The van der Waals surface area contributed by atoms with Gasteiger partial charge in [-0.3, -0.25) is 14.5 Å². The summed E-state index contributed by atoms with van der Waals surface area (Å²) in [6.45, 7) is 3.26. The van der Waals surface area contributed by atoms with E-state index < -0.39 is 0 Å². The summed E-state index contributed by atoms with van der Waals surface area (Å²) in [6, 6.07) is 3.61. The molecular weight excluding hydrogens is 318 g/mol. The topological polar surface area (TPSA) is 68.8 Å². The zero-order valence-electron chi connectivity index (χ0n) is 15.3. The summed E-state index contributed by atoms with van der Waals surface area (Å²) in [6.07, 6.45) is 4.08. The molecule has 0 saturated carbocycles. The van der Waals surface area contributed by atoms with Crippen molar-refractivity contribution in [3.63, 3.8) is 0 Å². The van der Waals surface area contributed by atoms with Crippen LogP contribution in [0.5, 0.6) is 0 Å². The van der Waals surface area contributed by atoms with E-state index in [4.69, 9.17) is 0 Å². The minimum absolute atomic E-state index is 0.0594. The number of hydrogen-bond acceptors (Lipinski definition) is 5. The lowest BCUT2D eigenvalue weighted by molar-refractivity contribution is -0.129. The second-order valence-corrected chi connectivity index (χ2v) is 7.09. The van der Waals surface area contributed by atoms with Crippen LogP contribution >= 0.6 is 0 Å². The number of piperazine rings is 1. The van der Waals surface area contributed by atoms with Crippen molar-refractivity contribution in [1.29, 1.82) is 0 Å². The van der Waals surface area contributed by atoms with Crippen molar-refractivity contribution in [3.05, 3.63) is 23.9 Å². The normalized spacial score (nSPS) is 25.2. The van der Waals surface area contributed by atoms with E-state index in [1.54, 1.807) is 19.3 Å². The first-order valence-corrected chi connectivity index (χ1v) is 8.84. The fourth-order valence-electron chi connectivity index (χ4n) is 3.90. The summed E-state index contributed by atoms with van der Waals surface area (Å²) in [7, 11) is 5.66. The van der Waals surface area contributed by atoms with Crippen molar-refractivity contribution in [2.45, 2.75) is 24.8 Å². The molecule has 1 spiro atoms. The van der Waals surface area contributed by atoms with Crippen molar-refractivity contribution >= 4 is 17.6 Å². The quantitative estimate of drug-likeness (QED) is 0.849. The van der Waals surface area contributed by atoms with Gasteiger partial charge in [0.1, 0.15) is 5.82 Å². The van der Waals surface area contributed by atoms with E-state index in [2.05, 4.69) is 27.1 Å². The van der Waals surface area contributed by atoms with Crippen LogP contribution in [0.25, 0.3) is 0 Å². The Morgan fingerprint density at radius 3 is 2.80 bits per heavy atom. The Balaban J connectivity index is 1.89. The molecule has 2 fully saturated rings. The van der Waals surface area contributed by atoms with Gasteiger partial charge in [0.05, 0.1) is 5.56 Å². The standard InChI is InChI=1S/C18H27N5O2/c1-19-17(25)14-5-4-9-20-16(14)23-12-11-22(3)18(13-23)7-6-15(24)21(2)10-8-18/h4-5,9H,6-8,10-13H2,1-3H3,(H,19,25). The molecule has 0 radical (unpaired) electrons. The number of rotatable bonds is 2. The zero-order chi connectivity index (χ0) is 18.0. The number of nitrogens with zero attached hydrogens (tertiary/aromatic N) is 4. The molecule has 25 heavy (non-hydrogen) atoms. The van der Waals surface area contributed by atoms with Gasteiger partial charge in [-0.05, 0) is 32.0 Å². The van der Waals surface area contributed by atoms with Gasteiger partial charge in [-0.15, -0.1) is 0 Å². The van der Waals surface area contributed by atoms with Gasteiger partial charge in [-0.25, -0.2) is 4.98 Å². The van der Waals surface area contributed by atoms with Crippen LogP contribution in [0.1, 0.15) is 29.6 Å². The third kappa shape index (κ3) is 3.33. The maximum atomic E-state index is 12.2. The minimum atomic E-state index is -0.119. The lowest BCUT2D eigenvalue weighted by Gasteiger charge is -2.49. The predicted molar refractivity (Wildman–Crippen MR) is 96.7 cm³/mol. The third-order valence-electron chi connectivity index (χ3n) is 5.70. The molecule has 1 unspecified atom stereocenters. The Hall–Kier alpha value is -2.15. The largest absolute Gasteiger partial charge is 0.355 e. The molecule has 3 rings (SSSR count). The van der Waals surface area contributed by atoms with Gasteiger partial charge in [0.25, 0.3) is 5.91 Å². The second-order valence-electron chi connectivity index (χ2n) is 7.09. The van der Waals surface area contributed by atoms with E-state index in [0.29, 0.717) is 12.0 Å². The number of likely N-dealkylation sites (tertiary alicyclic amines) is 1. The number of amides is 2. The molecule has 7 nitrogen and oxygen atoms in total. The number of anilines is 1. The number of likely N-dealkylation sites (N-methyl/N-ethyl adjacent to an activating group) is 1. The Morgan fingerprint density at radius 2 is 2.04 bits per heavy atom. The molecule has 2 aliphatic heterocycles. The van der Waals surface area contributed by atoms with Crippen LogP contribution in [0.4, 0.5) is 5.82 Å². The first kappa shape index (κ1) is 17.7. The minimum Gasteiger partial charge on any atom is -0.355 e. The van der Waals surface area contributed by atoms with Gasteiger partial charge in [0.15, 0.2) is 0 Å². The maximum absolute atomic E-state index is 12.2. The molecule has 1 aromatic heterocycles. The highest BCUT2D eigenvalue weighted by atomic mass is 16.2. The van der Waals surface area contributed by atoms with Gasteiger partial charge >= 0.3 is 0 Å². The summed E-state index contributed by atoms with van der Waals surface area (Å²) < 4.78 is 0. The molecule has 3 heterocycles. The lowest BCUT2D eigenvalue weighted by atomic mass is 9.86. The van der Waals surface area contributed by atoms with Crippen molar-refractivity contribution in [3.8, 4) is 0 Å². The van der Waals surface area contributed by atoms with E-state index in [1.807, 2.05) is 18.0 Å². The molecule has 1 aromatic rings. The maximum Gasteiger partial charge on any atom is 0.254 e. The molecule has 136 valence electrons. The Kier molecular flexibility index (Phi) is 4.94. The van der Waals surface area contributed by atoms with Crippen molar-refractivity contribution in [1.82, 2.24) is 20.1 Å². The summed E-state index contributed by atoms with van der Waals surface area (Å²) in [4.78, 5) is 35.2. The van der Waals surface area contributed by atoms with Crippen LogP contribution in [0.2, 0.25) is 0 Å². The fraction of sp³-hybridized carbons (Fsp3) is 0.611. The number of hydrogen-bond donors (Lipinski definition) is 1. The third-order valence-corrected chi connectivity index (χ3v) is 5.70. The van der Waals surface area contributed by atoms with Crippen molar-refractivity contribution in [2.24, 2.45) is 0 Å². The molecule has 0 aliphatic carbocycles. The van der Waals surface area contributed by atoms with Crippen LogP contribution in [0, 0.1) is 0 Å². The SMILES string of the molecule is CNC(=O)c1cccnc1N1CCN(C)C2(CCC(=O)N(C)CC2)C1. The summed E-state index contributed by atoms with van der Waals surface area (Å²) in [5.41, 5.74) is 0.544. The lowest BCUT2D eigenvalue weighted by Crippen LogP contribution is -2.61. The van der Waals surface area contributed by atoms with E-state index in [-0.39, 0.29) is 17.4 Å². The number of nitrogens with one attached hydrogen (secondary N) is 1. The van der Waals surface area contributed by atoms with E-state index >= 15 is 0 Å². The highest BCUT2D eigenvalue weighted by Crippen LogP contribution is 2.34. The molecule has 0 bridgehead atoms. The molecule has 2 aliphatic rings. The molecular formula is C18H27N5O2. The average molecular weight is 345 g/mol. The van der Waals surface area contributed by atoms with Crippen LogP contribution < -0.4 is 10.2 Å². The van der Waals surface area contributed by atoms with Crippen LogP contribution in [0.15, 0.2) is 18.3 Å². The fourth-order valence-corrected chi connectivity index (χ4v) is 3.90. The predicted octanol–water partition coefficient (Wildman–Crippen LogP) is 0.574.